The van der Waals surface area contributed by atoms with Gasteiger partial charge in [0.1, 0.15) is 5.82 Å². The lowest BCUT2D eigenvalue weighted by molar-refractivity contribution is 0.0953. The summed E-state index contributed by atoms with van der Waals surface area (Å²) in [7, 11) is 0. The van der Waals surface area contributed by atoms with Crippen LogP contribution in [0.2, 0.25) is 0 Å². The molecule has 0 radical (unpaired) electrons. The number of imidazole rings is 1. The molecule has 5 heteroatoms. The van der Waals surface area contributed by atoms with E-state index in [0.29, 0.717) is 17.7 Å². The molecule has 0 atom stereocenters. The predicted molar refractivity (Wildman–Crippen MR) is 70.4 cm³/mol. The first-order chi connectivity index (χ1) is 9.29. The maximum atomic E-state index is 11.8. The molecule has 1 aromatic carbocycles. The highest BCUT2D eigenvalue weighted by molar-refractivity contribution is 5.94. The SMILES string of the molecule is N#Cc1cccc(C(=O)NCCCc2ncc[nH]2)c1. The van der Waals surface area contributed by atoms with E-state index in [0.717, 1.165) is 18.7 Å². The fourth-order valence-corrected chi connectivity index (χ4v) is 1.72. The molecule has 1 aromatic heterocycles. The highest BCUT2D eigenvalue weighted by Gasteiger charge is 2.05. The van der Waals surface area contributed by atoms with Gasteiger partial charge in [0.25, 0.3) is 5.91 Å². The Kier molecular flexibility index (Phi) is 4.29. The summed E-state index contributed by atoms with van der Waals surface area (Å²) < 4.78 is 0. The van der Waals surface area contributed by atoms with Crippen molar-refractivity contribution in [1.82, 2.24) is 15.3 Å². The van der Waals surface area contributed by atoms with Crippen LogP contribution < -0.4 is 5.32 Å². The van der Waals surface area contributed by atoms with Crippen molar-refractivity contribution < 1.29 is 4.79 Å². The van der Waals surface area contributed by atoms with Gasteiger partial charge >= 0.3 is 0 Å². The average molecular weight is 254 g/mol. The number of H-pyrrole nitrogens is 1. The second-order valence-electron chi connectivity index (χ2n) is 4.09. The van der Waals surface area contributed by atoms with Gasteiger partial charge in [-0.3, -0.25) is 4.79 Å². The molecule has 1 heterocycles. The molecule has 0 aliphatic rings. The maximum Gasteiger partial charge on any atom is 0.251 e. The Hall–Kier alpha value is -2.61. The molecular formula is C14H14N4O. The van der Waals surface area contributed by atoms with Crippen LogP contribution in [-0.2, 0) is 6.42 Å². The minimum atomic E-state index is -0.156. The summed E-state index contributed by atoms with van der Waals surface area (Å²) in [6, 6.07) is 8.68. The van der Waals surface area contributed by atoms with E-state index >= 15 is 0 Å². The second kappa shape index (κ2) is 6.36. The number of nitrogens with one attached hydrogen (secondary N) is 2. The van der Waals surface area contributed by atoms with E-state index in [9.17, 15) is 4.79 Å². The van der Waals surface area contributed by atoms with Gasteiger partial charge in [-0.1, -0.05) is 6.07 Å². The van der Waals surface area contributed by atoms with Crippen LogP contribution in [0.1, 0.15) is 28.2 Å². The van der Waals surface area contributed by atoms with E-state index < -0.39 is 0 Å². The fourth-order valence-electron chi connectivity index (χ4n) is 1.72. The van der Waals surface area contributed by atoms with Gasteiger partial charge in [-0.2, -0.15) is 5.26 Å². The Morgan fingerprint density at radius 1 is 1.47 bits per heavy atom. The number of hydrogen-bond acceptors (Lipinski definition) is 3. The molecule has 0 unspecified atom stereocenters. The van der Waals surface area contributed by atoms with E-state index in [1.165, 1.54) is 0 Å². The highest BCUT2D eigenvalue weighted by Crippen LogP contribution is 2.04. The number of aromatic amines is 1. The molecule has 0 saturated heterocycles. The first-order valence-electron chi connectivity index (χ1n) is 6.06. The quantitative estimate of drug-likeness (QED) is 0.796. The van der Waals surface area contributed by atoms with Gasteiger partial charge in [0.15, 0.2) is 0 Å². The highest BCUT2D eigenvalue weighted by atomic mass is 16.1. The van der Waals surface area contributed by atoms with E-state index in [2.05, 4.69) is 15.3 Å². The lowest BCUT2D eigenvalue weighted by Gasteiger charge is -2.04. The van der Waals surface area contributed by atoms with Crippen LogP contribution in [0.5, 0.6) is 0 Å². The van der Waals surface area contributed by atoms with Crippen molar-refractivity contribution in [3.8, 4) is 6.07 Å². The molecule has 0 aliphatic heterocycles. The van der Waals surface area contributed by atoms with Crippen LogP contribution in [0.3, 0.4) is 0 Å². The normalized spacial score (nSPS) is 9.84. The smallest absolute Gasteiger partial charge is 0.251 e. The zero-order chi connectivity index (χ0) is 13.5. The number of carbonyl (C=O) groups excluding carboxylic acids is 1. The molecule has 5 nitrogen and oxygen atoms in total. The molecule has 0 fully saturated rings. The third-order valence-electron chi connectivity index (χ3n) is 2.68. The Bertz CT molecular complexity index is 584. The number of aryl methyl sites for hydroxylation is 1. The predicted octanol–water partition coefficient (Wildman–Crippen LogP) is 1.64. The monoisotopic (exact) mass is 254 g/mol. The number of benzene rings is 1. The Labute approximate surface area is 111 Å². The van der Waals surface area contributed by atoms with Crippen molar-refractivity contribution in [3.05, 3.63) is 53.6 Å². The summed E-state index contributed by atoms with van der Waals surface area (Å²) >= 11 is 0. The third kappa shape index (κ3) is 3.68. The maximum absolute atomic E-state index is 11.8. The second-order valence-corrected chi connectivity index (χ2v) is 4.09. The molecule has 19 heavy (non-hydrogen) atoms. The van der Waals surface area contributed by atoms with Crippen molar-refractivity contribution in [2.45, 2.75) is 12.8 Å². The number of nitriles is 1. The van der Waals surface area contributed by atoms with Crippen LogP contribution in [-0.4, -0.2) is 22.4 Å². The summed E-state index contributed by atoms with van der Waals surface area (Å²) in [6.45, 7) is 0.580. The van der Waals surface area contributed by atoms with Gasteiger partial charge in [-0.05, 0) is 24.6 Å². The van der Waals surface area contributed by atoms with Gasteiger partial charge in [-0.15, -0.1) is 0 Å². The third-order valence-corrected chi connectivity index (χ3v) is 2.68. The van der Waals surface area contributed by atoms with Gasteiger partial charge in [0.2, 0.25) is 0 Å². The molecule has 0 aliphatic carbocycles. The van der Waals surface area contributed by atoms with Crippen molar-refractivity contribution in [2.24, 2.45) is 0 Å². The van der Waals surface area contributed by atoms with E-state index in [4.69, 9.17) is 5.26 Å². The average Bonchev–Trinajstić information content (AvgIpc) is 2.96. The molecule has 1 amide bonds. The topological polar surface area (TPSA) is 81.6 Å². The van der Waals surface area contributed by atoms with Gasteiger partial charge in [0, 0.05) is 30.9 Å². The molecule has 0 bridgehead atoms. The van der Waals surface area contributed by atoms with E-state index in [1.54, 1.807) is 36.7 Å². The van der Waals surface area contributed by atoms with Crippen LogP contribution >= 0.6 is 0 Å². The first-order valence-corrected chi connectivity index (χ1v) is 6.06. The van der Waals surface area contributed by atoms with E-state index in [1.807, 2.05) is 6.07 Å². The molecule has 96 valence electrons. The Morgan fingerprint density at radius 3 is 3.11 bits per heavy atom. The zero-order valence-electron chi connectivity index (χ0n) is 10.4. The van der Waals surface area contributed by atoms with Crippen molar-refractivity contribution in [2.75, 3.05) is 6.54 Å². The minimum absolute atomic E-state index is 0.156. The minimum Gasteiger partial charge on any atom is -0.352 e. The van der Waals surface area contributed by atoms with E-state index in [-0.39, 0.29) is 5.91 Å². The number of hydrogen-bond donors (Lipinski definition) is 2. The summed E-state index contributed by atoms with van der Waals surface area (Å²) in [5.74, 6) is 0.761. The van der Waals surface area contributed by atoms with Crippen LogP contribution in [0.4, 0.5) is 0 Å². The summed E-state index contributed by atoms with van der Waals surface area (Å²) in [6.07, 6.45) is 5.10. The van der Waals surface area contributed by atoms with Gasteiger partial charge < -0.3 is 10.3 Å². The lowest BCUT2D eigenvalue weighted by Crippen LogP contribution is -2.24. The summed E-state index contributed by atoms with van der Waals surface area (Å²) in [5.41, 5.74) is 1.00. The summed E-state index contributed by atoms with van der Waals surface area (Å²) in [4.78, 5) is 19.0. The van der Waals surface area contributed by atoms with Crippen LogP contribution in [0, 0.1) is 11.3 Å². The Balaban J connectivity index is 1.79. The molecule has 2 aromatic rings. The number of aromatic nitrogens is 2. The molecule has 2 N–H and O–H groups in total. The number of carbonyl (C=O) groups is 1. The van der Waals surface area contributed by atoms with Gasteiger partial charge in [-0.25, -0.2) is 4.98 Å². The number of rotatable bonds is 5. The standard InChI is InChI=1S/C14H14N4O/c15-10-11-3-1-4-12(9-11)14(19)18-6-2-5-13-16-7-8-17-13/h1,3-4,7-9H,2,5-6H2,(H,16,17)(H,18,19). The number of nitrogens with zero attached hydrogens (tertiary/aromatic N) is 2. The zero-order valence-corrected chi connectivity index (χ0v) is 10.4. The lowest BCUT2D eigenvalue weighted by atomic mass is 10.1. The van der Waals surface area contributed by atoms with Crippen LogP contribution in [0.25, 0.3) is 0 Å². The first kappa shape index (κ1) is 12.8. The summed E-state index contributed by atoms with van der Waals surface area (Å²) in [5, 5.41) is 11.6. The van der Waals surface area contributed by atoms with Gasteiger partial charge in [0.05, 0.1) is 11.6 Å². The molecule has 0 spiro atoms. The van der Waals surface area contributed by atoms with Crippen LogP contribution in [0.15, 0.2) is 36.7 Å². The van der Waals surface area contributed by atoms with Crippen molar-refractivity contribution >= 4 is 5.91 Å². The number of amides is 1. The largest absolute Gasteiger partial charge is 0.352 e. The Morgan fingerprint density at radius 2 is 2.37 bits per heavy atom. The van der Waals surface area contributed by atoms with Crippen molar-refractivity contribution in [1.29, 1.82) is 5.26 Å². The molecule has 2 rings (SSSR count). The van der Waals surface area contributed by atoms with Crippen molar-refractivity contribution in [3.63, 3.8) is 0 Å². The fraction of sp³-hybridized carbons (Fsp3) is 0.214. The molecular weight excluding hydrogens is 240 g/mol. The molecule has 0 saturated carbocycles.